The van der Waals surface area contributed by atoms with Gasteiger partial charge in [0.05, 0.1) is 0 Å². The molecule has 0 unspecified atom stereocenters. The van der Waals surface area contributed by atoms with Crippen LogP contribution < -0.4 is 16.4 Å². The average Bonchev–Trinajstić information content (AvgIpc) is 2.30. The molecule has 1 aromatic rings. The molecule has 0 aromatic heterocycles. The number of anilines is 1. The lowest BCUT2D eigenvalue weighted by molar-refractivity contribution is 0.349. The number of halogens is 1. The Morgan fingerprint density at radius 3 is 2.65 bits per heavy atom. The summed E-state index contributed by atoms with van der Waals surface area (Å²) >= 11 is 0. The Bertz CT molecular complexity index is 438. The number of para-hydroxylation sites is 1. The number of aliphatic imine (C=N–C) groups is 1. The van der Waals surface area contributed by atoms with Crippen molar-refractivity contribution < 1.29 is 0 Å². The van der Waals surface area contributed by atoms with Gasteiger partial charge in [0, 0.05) is 24.1 Å². The lowest BCUT2D eigenvalue weighted by atomic mass is 9.95. The van der Waals surface area contributed by atoms with Crippen LogP contribution in [0.25, 0.3) is 0 Å². The highest BCUT2D eigenvalue weighted by molar-refractivity contribution is 6.04. The molecule has 0 aliphatic carbocycles. The summed E-state index contributed by atoms with van der Waals surface area (Å²) in [6, 6.07) is 8.10. The maximum Gasteiger partial charge on any atom is 0.134 e. The predicted molar refractivity (Wildman–Crippen MR) is 72.9 cm³/mol. The monoisotopic (exact) mass is 252 g/mol. The molecular weight excluding hydrogens is 236 g/mol. The lowest BCUT2D eigenvalue weighted by Crippen LogP contribution is -2.49. The molecule has 3 rings (SSSR count). The molecule has 0 bridgehead atoms. The fraction of sp³-hybridized carbons (Fsp3) is 0.417. The number of piperidine rings is 1. The normalized spacial score (nSPS) is 20.8. The standard InChI is InChI=1S/C12H16N4.ClH/c13-11-9-3-1-2-4-10(9)15-12(16-11)5-7-14-8-6-12;/h1-4,14-15H,5-8H2,(H2,13,16);1H. The summed E-state index contributed by atoms with van der Waals surface area (Å²) in [6.07, 6.45) is 1.98. The van der Waals surface area contributed by atoms with Crippen LogP contribution in [0.1, 0.15) is 18.4 Å². The van der Waals surface area contributed by atoms with Crippen LogP contribution in [0, 0.1) is 0 Å². The molecule has 1 aromatic carbocycles. The van der Waals surface area contributed by atoms with Crippen molar-refractivity contribution in [1.82, 2.24) is 5.32 Å². The Hall–Kier alpha value is -1.26. The van der Waals surface area contributed by atoms with E-state index in [0.29, 0.717) is 5.84 Å². The number of nitrogens with zero attached hydrogens (tertiary/aromatic N) is 1. The quantitative estimate of drug-likeness (QED) is 0.653. The summed E-state index contributed by atoms with van der Waals surface area (Å²) in [7, 11) is 0. The van der Waals surface area contributed by atoms with Gasteiger partial charge in [-0.2, -0.15) is 0 Å². The fourth-order valence-electron chi connectivity index (χ4n) is 2.46. The van der Waals surface area contributed by atoms with Gasteiger partial charge in [-0.15, -0.1) is 12.4 Å². The Balaban J connectivity index is 0.00000108. The molecule has 0 radical (unpaired) electrons. The van der Waals surface area contributed by atoms with Gasteiger partial charge in [0.2, 0.25) is 0 Å². The zero-order valence-corrected chi connectivity index (χ0v) is 10.4. The van der Waals surface area contributed by atoms with E-state index in [9.17, 15) is 0 Å². The van der Waals surface area contributed by atoms with Crippen LogP contribution in [-0.4, -0.2) is 24.6 Å². The average molecular weight is 253 g/mol. The van der Waals surface area contributed by atoms with E-state index in [1.807, 2.05) is 18.2 Å². The van der Waals surface area contributed by atoms with E-state index in [1.54, 1.807) is 0 Å². The molecule has 17 heavy (non-hydrogen) atoms. The molecule has 2 aliphatic heterocycles. The maximum atomic E-state index is 6.04. The van der Waals surface area contributed by atoms with Crippen molar-refractivity contribution in [2.45, 2.75) is 18.5 Å². The number of benzene rings is 1. The topological polar surface area (TPSA) is 62.4 Å². The molecule has 1 fully saturated rings. The smallest absolute Gasteiger partial charge is 0.134 e. The number of hydrogen-bond acceptors (Lipinski definition) is 4. The van der Waals surface area contributed by atoms with Gasteiger partial charge >= 0.3 is 0 Å². The van der Waals surface area contributed by atoms with Crippen molar-refractivity contribution >= 4 is 23.9 Å². The lowest BCUT2D eigenvalue weighted by Gasteiger charge is -2.39. The number of fused-ring (bicyclic) bond motifs is 1. The summed E-state index contributed by atoms with van der Waals surface area (Å²) in [5.74, 6) is 0.663. The van der Waals surface area contributed by atoms with Crippen LogP contribution in [0.3, 0.4) is 0 Å². The van der Waals surface area contributed by atoms with Crippen molar-refractivity contribution in [3.63, 3.8) is 0 Å². The van der Waals surface area contributed by atoms with Crippen molar-refractivity contribution in [3.8, 4) is 0 Å². The van der Waals surface area contributed by atoms with Gasteiger partial charge in [0.1, 0.15) is 11.5 Å². The van der Waals surface area contributed by atoms with Gasteiger partial charge in [0.15, 0.2) is 0 Å². The van der Waals surface area contributed by atoms with Crippen LogP contribution in [-0.2, 0) is 0 Å². The summed E-state index contributed by atoms with van der Waals surface area (Å²) in [5.41, 5.74) is 7.99. The van der Waals surface area contributed by atoms with Gasteiger partial charge in [0.25, 0.3) is 0 Å². The van der Waals surface area contributed by atoms with Crippen LogP contribution in [0.2, 0.25) is 0 Å². The molecule has 2 aliphatic rings. The second-order valence-corrected chi connectivity index (χ2v) is 4.45. The van der Waals surface area contributed by atoms with Crippen LogP contribution in [0.15, 0.2) is 29.3 Å². The number of nitrogens with two attached hydrogens (primary N) is 1. The third kappa shape index (κ3) is 2.10. The van der Waals surface area contributed by atoms with E-state index in [2.05, 4.69) is 21.7 Å². The predicted octanol–water partition coefficient (Wildman–Crippen LogP) is 1.32. The number of nitrogens with one attached hydrogen (secondary N) is 2. The Morgan fingerprint density at radius 2 is 1.88 bits per heavy atom. The summed E-state index contributed by atoms with van der Waals surface area (Å²) < 4.78 is 0. The third-order valence-corrected chi connectivity index (χ3v) is 3.34. The van der Waals surface area contributed by atoms with Gasteiger partial charge in [-0.25, -0.2) is 4.99 Å². The second-order valence-electron chi connectivity index (χ2n) is 4.45. The van der Waals surface area contributed by atoms with E-state index in [0.717, 1.165) is 37.2 Å². The Kier molecular flexibility index (Phi) is 3.26. The second kappa shape index (κ2) is 4.55. The van der Waals surface area contributed by atoms with Crippen molar-refractivity contribution in [2.24, 2.45) is 10.7 Å². The molecule has 1 saturated heterocycles. The largest absolute Gasteiger partial charge is 0.383 e. The highest BCUT2D eigenvalue weighted by atomic mass is 35.5. The zero-order valence-electron chi connectivity index (χ0n) is 9.57. The summed E-state index contributed by atoms with van der Waals surface area (Å²) in [6.45, 7) is 1.98. The summed E-state index contributed by atoms with van der Waals surface area (Å²) in [4.78, 5) is 4.66. The Labute approximate surface area is 107 Å². The first kappa shape index (κ1) is 12.2. The Morgan fingerprint density at radius 1 is 1.18 bits per heavy atom. The van der Waals surface area contributed by atoms with Crippen molar-refractivity contribution in [1.29, 1.82) is 0 Å². The van der Waals surface area contributed by atoms with E-state index in [4.69, 9.17) is 5.73 Å². The van der Waals surface area contributed by atoms with E-state index >= 15 is 0 Å². The summed E-state index contributed by atoms with van der Waals surface area (Å²) in [5, 5.41) is 6.88. The molecule has 92 valence electrons. The fourth-order valence-corrected chi connectivity index (χ4v) is 2.46. The van der Waals surface area contributed by atoms with Gasteiger partial charge < -0.3 is 16.4 Å². The van der Waals surface area contributed by atoms with Crippen molar-refractivity contribution in [3.05, 3.63) is 29.8 Å². The number of rotatable bonds is 0. The molecule has 0 amide bonds. The number of hydrogen-bond donors (Lipinski definition) is 3. The SMILES string of the molecule is Cl.NC1=NC2(CCNCC2)Nc2ccccc21. The molecule has 0 saturated carbocycles. The maximum absolute atomic E-state index is 6.04. The number of amidine groups is 1. The van der Waals surface area contributed by atoms with Crippen LogP contribution in [0.5, 0.6) is 0 Å². The molecule has 4 nitrogen and oxygen atoms in total. The van der Waals surface area contributed by atoms with Gasteiger partial charge in [-0.3, -0.25) is 0 Å². The first-order valence-electron chi connectivity index (χ1n) is 5.73. The highest BCUT2D eigenvalue weighted by Crippen LogP contribution is 2.31. The molecule has 1 spiro atoms. The van der Waals surface area contributed by atoms with E-state index in [1.165, 1.54) is 0 Å². The van der Waals surface area contributed by atoms with Gasteiger partial charge in [-0.05, 0) is 25.2 Å². The zero-order chi connectivity index (χ0) is 11.0. The molecule has 4 N–H and O–H groups in total. The van der Waals surface area contributed by atoms with Crippen molar-refractivity contribution in [2.75, 3.05) is 18.4 Å². The minimum Gasteiger partial charge on any atom is -0.383 e. The minimum atomic E-state index is -0.177. The highest BCUT2D eigenvalue weighted by Gasteiger charge is 2.35. The van der Waals surface area contributed by atoms with E-state index < -0.39 is 0 Å². The molecule has 5 heteroatoms. The molecule has 0 atom stereocenters. The molecule has 2 heterocycles. The first-order chi connectivity index (χ1) is 7.79. The van der Waals surface area contributed by atoms with Gasteiger partial charge in [-0.1, -0.05) is 12.1 Å². The first-order valence-corrected chi connectivity index (χ1v) is 5.73. The van der Waals surface area contributed by atoms with Crippen LogP contribution in [0.4, 0.5) is 5.69 Å². The third-order valence-electron chi connectivity index (χ3n) is 3.34. The molecular formula is C12H17ClN4. The van der Waals surface area contributed by atoms with Crippen LogP contribution >= 0.6 is 12.4 Å². The van der Waals surface area contributed by atoms with E-state index in [-0.39, 0.29) is 18.1 Å². The minimum absolute atomic E-state index is 0.